The molecule has 4 nitrogen and oxygen atoms in total. The predicted octanol–water partition coefficient (Wildman–Crippen LogP) is 2.11. The van der Waals surface area contributed by atoms with Crippen molar-refractivity contribution >= 4 is 17.4 Å². The van der Waals surface area contributed by atoms with Gasteiger partial charge in [0.15, 0.2) is 0 Å². The van der Waals surface area contributed by atoms with E-state index in [4.69, 9.17) is 16.9 Å². The lowest BCUT2D eigenvalue weighted by Crippen LogP contribution is -2.25. The highest BCUT2D eigenvalue weighted by Gasteiger charge is 2.06. The average Bonchev–Trinajstić information content (AvgIpc) is 2.29. The minimum absolute atomic E-state index is 0.314. The van der Waals surface area contributed by atoms with E-state index in [2.05, 4.69) is 16.0 Å². The lowest BCUT2D eigenvalue weighted by atomic mass is 10.2. The Morgan fingerprint density at radius 1 is 1.62 bits per heavy atom. The Hall–Kier alpha value is -1.60. The fourth-order valence-corrected chi connectivity index (χ4v) is 1.43. The fourth-order valence-electron chi connectivity index (χ4n) is 1.32. The maximum Gasteiger partial charge on any atom is 0.129 e. The van der Waals surface area contributed by atoms with Crippen LogP contribution in [-0.2, 0) is 6.54 Å². The first-order chi connectivity index (χ1) is 7.67. The summed E-state index contributed by atoms with van der Waals surface area (Å²) >= 11 is 5.70. The van der Waals surface area contributed by atoms with Crippen molar-refractivity contribution < 1.29 is 0 Å². The zero-order valence-corrected chi connectivity index (χ0v) is 10.1. The van der Waals surface area contributed by atoms with Crippen LogP contribution in [0, 0.1) is 11.3 Å². The van der Waals surface area contributed by atoms with Crippen LogP contribution in [0.1, 0.15) is 12.0 Å². The van der Waals surface area contributed by atoms with E-state index < -0.39 is 0 Å². The molecule has 0 fully saturated rings. The zero-order chi connectivity index (χ0) is 12.0. The van der Waals surface area contributed by atoms with Crippen molar-refractivity contribution in [1.82, 2.24) is 9.88 Å². The van der Waals surface area contributed by atoms with E-state index in [1.54, 1.807) is 19.3 Å². The van der Waals surface area contributed by atoms with Crippen LogP contribution in [0.3, 0.4) is 0 Å². The number of hydrogen-bond acceptors (Lipinski definition) is 3. The van der Waals surface area contributed by atoms with Gasteiger partial charge in [0.1, 0.15) is 11.0 Å². The Bertz CT molecular complexity index is 405. The average molecular weight is 237 g/mol. The lowest BCUT2D eigenvalue weighted by molar-refractivity contribution is 0.492. The normalized spacial score (nSPS) is 11.0. The molecule has 0 unspecified atom stereocenters. The molecule has 1 aromatic heterocycles. The third-order valence-electron chi connectivity index (χ3n) is 2.14. The van der Waals surface area contributed by atoms with Crippen molar-refractivity contribution in [2.45, 2.75) is 13.0 Å². The molecule has 5 heteroatoms. The van der Waals surface area contributed by atoms with Crippen LogP contribution in [0.5, 0.6) is 0 Å². The third-order valence-corrected chi connectivity index (χ3v) is 2.37. The second kappa shape index (κ2) is 6.09. The first-order valence-electron chi connectivity index (χ1n) is 4.81. The predicted molar refractivity (Wildman–Crippen MR) is 64.3 cm³/mol. The number of aliphatic imine (C=N–C) groups is 1. The summed E-state index contributed by atoms with van der Waals surface area (Å²) in [5.41, 5.74) is 1.03. The maximum atomic E-state index is 8.63. The standard InChI is InChI=1S/C11H13ClN4/c1-14-11(5-6-13)16(2)8-9-3-4-10(12)15-7-9/h3-4,7H,5,8H2,1-2H3. The van der Waals surface area contributed by atoms with E-state index in [9.17, 15) is 0 Å². The number of amidine groups is 1. The SMILES string of the molecule is CN=C(CC#N)N(C)Cc1ccc(Cl)nc1. The van der Waals surface area contributed by atoms with Crippen LogP contribution in [-0.4, -0.2) is 29.8 Å². The van der Waals surface area contributed by atoms with Crippen molar-refractivity contribution in [2.75, 3.05) is 14.1 Å². The minimum Gasteiger partial charge on any atom is -0.358 e. The van der Waals surface area contributed by atoms with Gasteiger partial charge in [0.25, 0.3) is 0 Å². The summed E-state index contributed by atoms with van der Waals surface area (Å²) in [6.45, 7) is 0.665. The molecule has 0 radical (unpaired) electrons. The molecule has 84 valence electrons. The minimum atomic E-state index is 0.314. The number of rotatable bonds is 3. The van der Waals surface area contributed by atoms with Crippen molar-refractivity contribution in [3.63, 3.8) is 0 Å². The number of nitriles is 1. The first-order valence-corrected chi connectivity index (χ1v) is 5.19. The van der Waals surface area contributed by atoms with E-state index in [1.165, 1.54) is 0 Å². The van der Waals surface area contributed by atoms with Crippen LogP contribution >= 0.6 is 11.6 Å². The van der Waals surface area contributed by atoms with Crippen molar-refractivity contribution in [1.29, 1.82) is 5.26 Å². The van der Waals surface area contributed by atoms with Gasteiger partial charge in [-0.15, -0.1) is 0 Å². The molecule has 0 saturated carbocycles. The van der Waals surface area contributed by atoms with Crippen molar-refractivity contribution in [2.24, 2.45) is 4.99 Å². The third kappa shape index (κ3) is 3.52. The molecule has 1 heterocycles. The molecule has 0 aliphatic carbocycles. The Morgan fingerprint density at radius 3 is 2.88 bits per heavy atom. The molecule has 0 atom stereocenters. The largest absolute Gasteiger partial charge is 0.358 e. The van der Waals surface area contributed by atoms with Crippen LogP contribution in [0.2, 0.25) is 5.15 Å². The van der Waals surface area contributed by atoms with Gasteiger partial charge in [-0.05, 0) is 11.6 Å². The van der Waals surface area contributed by atoms with Crippen LogP contribution in [0.25, 0.3) is 0 Å². The van der Waals surface area contributed by atoms with E-state index in [-0.39, 0.29) is 0 Å². The van der Waals surface area contributed by atoms with Gasteiger partial charge in [-0.1, -0.05) is 17.7 Å². The zero-order valence-electron chi connectivity index (χ0n) is 9.31. The van der Waals surface area contributed by atoms with Gasteiger partial charge in [-0.2, -0.15) is 5.26 Å². The summed E-state index contributed by atoms with van der Waals surface area (Å²) in [6, 6.07) is 5.74. The lowest BCUT2D eigenvalue weighted by Gasteiger charge is -2.19. The molecule has 0 saturated heterocycles. The van der Waals surface area contributed by atoms with Crippen molar-refractivity contribution in [3.8, 4) is 6.07 Å². The topological polar surface area (TPSA) is 52.3 Å². The number of pyridine rings is 1. The quantitative estimate of drug-likeness (QED) is 0.459. The van der Waals surface area contributed by atoms with Gasteiger partial charge in [0.05, 0.1) is 12.5 Å². The molecule has 1 aromatic rings. The summed E-state index contributed by atoms with van der Waals surface area (Å²) in [4.78, 5) is 9.99. The summed E-state index contributed by atoms with van der Waals surface area (Å²) < 4.78 is 0. The number of aromatic nitrogens is 1. The van der Waals surface area contributed by atoms with Crippen molar-refractivity contribution in [3.05, 3.63) is 29.0 Å². The molecule has 0 aliphatic rings. The molecule has 0 spiro atoms. The Balaban J connectivity index is 2.67. The Labute approximate surface area is 100 Å². The van der Waals surface area contributed by atoms with Crippen LogP contribution in [0.4, 0.5) is 0 Å². The molecule has 0 bridgehead atoms. The van der Waals surface area contributed by atoms with Gasteiger partial charge < -0.3 is 4.90 Å². The number of hydrogen-bond donors (Lipinski definition) is 0. The smallest absolute Gasteiger partial charge is 0.129 e. The van der Waals surface area contributed by atoms with E-state index in [1.807, 2.05) is 18.0 Å². The Kier molecular flexibility index (Phi) is 4.74. The first kappa shape index (κ1) is 12.5. The monoisotopic (exact) mass is 236 g/mol. The number of nitrogens with zero attached hydrogens (tertiary/aromatic N) is 4. The van der Waals surface area contributed by atoms with E-state index in [0.29, 0.717) is 18.1 Å². The Morgan fingerprint density at radius 2 is 2.38 bits per heavy atom. The molecular formula is C11H13ClN4. The van der Waals surface area contributed by atoms with Crippen LogP contribution in [0.15, 0.2) is 23.3 Å². The van der Waals surface area contributed by atoms with Gasteiger partial charge in [0.2, 0.25) is 0 Å². The maximum absolute atomic E-state index is 8.63. The van der Waals surface area contributed by atoms with E-state index in [0.717, 1.165) is 11.4 Å². The summed E-state index contributed by atoms with van der Waals surface area (Å²) in [5, 5.41) is 9.11. The molecule has 0 N–H and O–H groups in total. The van der Waals surface area contributed by atoms with Gasteiger partial charge in [-0.25, -0.2) is 4.98 Å². The highest BCUT2D eigenvalue weighted by Crippen LogP contribution is 2.08. The van der Waals surface area contributed by atoms with Gasteiger partial charge >= 0.3 is 0 Å². The summed E-state index contributed by atoms with van der Waals surface area (Å²) in [7, 11) is 3.58. The molecule has 16 heavy (non-hydrogen) atoms. The van der Waals surface area contributed by atoms with Gasteiger partial charge in [-0.3, -0.25) is 4.99 Å². The molecule has 0 aromatic carbocycles. The molecular weight excluding hydrogens is 224 g/mol. The fraction of sp³-hybridized carbons (Fsp3) is 0.364. The molecule has 1 rings (SSSR count). The second-order valence-corrected chi connectivity index (χ2v) is 3.71. The molecule has 0 amide bonds. The van der Waals surface area contributed by atoms with Gasteiger partial charge in [0, 0.05) is 26.8 Å². The summed E-state index contributed by atoms with van der Waals surface area (Å²) in [5.74, 6) is 0.762. The molecule has 0 aliphatic heterocycles. The van der Waals surface area contributed by atoms with Crippen LogP contribution < -0.4 is 0 Å². The number of halogens is 1. The second-order valence-electron chi connectivity index (χ2n) is 3.32. The highest BCUT2D eigenvalue weighted by atomic mass is 35.5. The van der Waals surface area contributed by atoms with E-state index >= 15 is 0 Å². The summed E-state index contributed by atoms with van der Waals surface area (Å²) in [6.07, 6.45) is 2.03. The highest BCUT2D eigenvalue weighted by molar-refractivity contribution is 6.29.